The molecule has 3 aromatic carbocycles. The molecule has 1 N–H and O–H groups in total. The van der Waals surface area contributed by atoms with Crippen LogP contribution in [-0.4, -0.2) is 50.7 Å². The maximum Gasteiger partial charge on any atom is 0.573 e. The van der Waals surface area contributed by atoms with E-state index in [0.29, 0.717) is 18.1 Å². The Kier molecular flexibility index (Phi) is 10.1. The predicted molar refractivity (Wildman–Crippen MR) is 172 cm³/mol. The van der Waals surface area contributed by atoms with Gasteiger partial charge in [0.1, 0.15) is 12.1 Å². The molecule has 0 aliphatic carbocycles. The van der Waals surface area contributed by atoms with Crippen molar-refractivity contribution in [3.05, 3.63) is 90.3 Å². The number of halogens is 3. The van der Waals surface area contributed by atoms with Gasteiger partial charge in [-0.1, -0.05) is 68.1 Å². The number of carbonyl (C=O) groups excluding carboxylic acids is 1. The third kappa shape index (κ3) is 8.44. The molecule has 45 heavy (non-hydrogen) atoms. The molecule has 1 aliphatic heterocycles. The van der Waals surface area contributed by atoms with Crippen LogP contribution in [0.4, 0.5) is 23.7 Å². The standard InChI is InChI=1S/C33H35F3N6O2S/c1-4-25-7-5-6-8-29(25)42-23(3)17-18-45-32(42)39-31(43)37-20-22(2)19-24-9-11-26(12-10-24)30-38-21-41(40-30)27-13-15-28(16-14-27)44-33(34,35)36/h5-16,21-23H,4,17-20H2,1-3H3,(H,37,43)/b39-32-. The summed E-state index contributed by atoms with van der Waals surface area (Å²) in [7, 11) is 0. The number of amidine groups is 1. The molecule has 1 saturated heterocycles. The highest BCUT2D eigenvalue weighted by atomic mass is 32.2. The van der Waals surface area contributed by atoms with E-state index in [2.05, 4.69) is 62.9 Å². The quantitative estimate of drug-likeness (QED) is 0.203. The third-order valence-electron chi connectivity index (χ3n) is 7.47. The number of hydrogen-bond donors (Lipinski definition) is 1. The molecule has 2 atom stereocenters. The van der Waals surface area contributed by atoms with E-state index in [1.807, 2.05) is 36.4 Å². The van der Waals surface area contributed by atoms with E-state index >= 15 is 0 Å². The Bertz CT molecular complexity index is 1620. The van der Waals surface area contributed by atoms with Crippen LogP contribution in [0.25, 0.3) is 17.1 Å². The first-order chi connectivity index (χ1) is 21.6. The third-order valence-corrected chi connectivity index (χ3v) is 8.45. The maximum absolute atomic E-state index is 12.9. The number of ether oxygens (including phenoxy) is 1. The summed E-state index contributed by atoms with van der Waals surface area (Å²) in [6.07, 6.45) is -0.553. The van der Waals surface area contributed by atoms with Crippen molar-refractivity contribution < 1.29 is 22.7 Å². The lowest BCUT2D eigenvalue weighted by Gasteiger charge is -2.36. The fourth-order valence-electron chi connectivity index (χ4n) is 5.15. The van der Waals surface area contributed by atoms with E-state index in [4.69, 9.17) is 0 Å². The van der Waals surface area contributed by atoms with Crippen LogP contribution in [-0.2, 0) is 12.8 Å². The number of rotatable bonds is 9. The monoisotopic (exact) mass is 636 g/mol. The molecule has 0 spiro atoms. The van der Waals surface area contributed by atoms with Crippen LogP contribution in [0, 0.1) is 5.92 Å². The average Bonchev–Trinajstić information content (AvgIpc) is 3.51. The van der Waals surface area contributed by atoms with E-state index in [1.54, 1.807) is 11.8 Å². The van der Waals surface area contributed by atoms with Gasteiger partial charge in [-0.3, -0.25) is 0 Å². The molecule has 12 heteroatoms. The van der Waals surface area contributed by atoms with Crippen LogP contribution < -0.4 is 15.0 Å². The summed E-state index contributed by atoms with van der Waals surface area (Å²) in [5, 5.41) is 8.18. The van der Waals surface area contributed by atoms with Gasteiger partial charge in [-0.05, 0) is 73.6 Å². The molecule has 1 fully saturated rings. The number of nitrogens with zero attached hydrogens (tertiary/aromatic N) is 5. The van der Waals surface area contributed by atoms with Crippen molar-refractivity contribution in [3.8, 4) is 22.8 Å². The molecule has 236 valence electrons. The molecule has 0 saturated carbocycles. The lowest BCUT2D eigenvalue weighted by Crippen LogP contribution is -2.42. The first-order valence-electron chi connectivity index (χ1n) is 14.8. The largest absolute Gasteiger partial charge is 0.573 e. The summed E-state index contributed by atoms with van der Waals surface area (Å²) in [6, 6.07) is 21.5. The number of alkyl halides is 3. The van der Waals surface area contributed by atoms with Crippen LogP contribution in [0.5, 0.6) is 5.75 Å². The number of para-hydroxylation sites is 1. The molecule has 1 aromatic heterocycles. The minimum atomic E-state index is -4.74. The van der Waals surface area contributed by atoms with E-state index in [-0.39, 0.29) is 23.7 Å². The first-order valence-corrected chi connectivity index (χ1v) is 15.8. The van der Waals surface area contributed by atoms with Crippen LogP contribution in [0.15, 0.2) is 84.1 Å². The summed E-state index contributed by atoms with van der Waals surface area (Å²) in [5.41, 5.74) is 4.80. The zero-order valence-corrected chi connectivity index (χ0v) is 26.1. The number of aryl methyl sites for hydroxylation is 1. The minimum Gasteiger partial charge on any atom is -0.406 e. The molecule has 5 rings (SSSR count). The van der Waals surface area contributed by atoms with Gasteiger partial charge < -0.3 is 15.0 Å². The second kappa shape index (κ2) is 14.2. The smallest absolute Gasteiger partial charge is 0.406 e. The summed E-state index contributed by atoms with van der Waals surface area (Å²) in [5.74, 6) is 1.29. The summed E-state index contributed by atoms with van der Waals surface area (Å²) in [4.78, 5) is 23.9. The second-order valence-electron chi connectivity index (χ2n) is 11.0. The van der Waals surface area contributed by atoms with E-state index < -0.39 is 6.36 Å². The van der Waals surface area contributed by atoms with E-state index in [9.17, 15) is 18.0 Å². The maximum atomic E-state index is 12.9. The molecule has 0 bridgehead atoms. The van der Waals surface area contributed by atoms with Crippen molar-refractivity contribution in [1.29, 1.82) is 0 Å². The molecule has 2 amide bonds. The number of hydrogen-bond acceptors (Lipinski definition) is 5. The zero-order chi connectivity index (χ0) is 32.0. The van der Waals surface area contributed by atoms with Gasteiger partial charge in [0.2, 0.25) is 0 Å². The topological polar surface area (TPSA) is 84.6 Å². The van der Waals surface area contributed by atoms with Crippen molar-refractivity contribution in [2.75, 3.05) is 17.2 Å². The minimum absolute atomic E-state index is 0.177. The second-order valence-corrected chi connectivity index (χ2v) is 12.0. The number of thioether (sulfide) groups is 1. The predicted octanol–water partition coefficient (Wildman–Crippen LogP) is 7.67. The Hall–Kier alpha value is -4.32. The van der Waals surface area contributed by atoms with Gasteiger partial charge in [-0.2, -0.15) is 4.99 Å². The van der Waals surface area contributed by atoms with Crippen LogP contribution in [0.2, 0.25) is 0 Å². The molecule has 1 aliphatic rings. The lowest BCUT2D eigenvalue weighted by molar-refractivity contribution is -0.274. The highest BCUT2D eigenvalue weighted by Crippen LogP contribution is 2.32. The number of benzene rings is 3. The Morgan fingerprint density at radius 1 is 1.11 bits per heavy atom. The molecular formula is C33H35F3N6O2S. The van der Waals surface area contributed by atoms with Crippen LogP contribution in [0.1, 0.15) is 38.3 Å². The van der Waals surface area contributed by atoms with Crippen molar-refractivity contribution in [1.82, 2.24) is 20.1 Å². The summed E-state index contributed by atoms with van der Waals surface area (Å²) < 4.78 is 42.7. The number of nitrogens with one attached hydrogen (secondary N) is 1. The van der Waals surface area contributed by atoms with Crippen molar-refractivity contribution in [2.24, 2.45) is 10.9 Å². The van der Waals surface area contributed by atoms with Gasteiger partial charge in [0.25, 0.3) is 0 Å². The lowest BCUT2D eigenvalue weighted by atomic mass is 10.00. The Morgan fingerprint density at radius 2 is 1.84 bits per heavy atom. The Balaban J connectivity index is 1.15. The summed E-state index contributed by atoms with van der Waals surface area (Å²) in [6.45, 7) is 6.88. The molecular weight excluding hydrogens is 601 g/mol. The molecule has 2 unspecified atom stereocenters. The normalized spacial score (nSPS) is 16.9. The van der Waals surface area contributed by atoms with Gasteiger partial charge in [0.15, 0.2) is 11.0 Å². The van der Waals surface area contributed by atoms with Gasteiger partial charge in [0, 0.05) is 29.6 Å². The van der Waals surface area contributed by atoms with Gasteiger partial charge >= 0.3 is 12.4 Å². The Labute approximate surface area is 264 Å². The number of amides is 2. The van der Waals surface area contributed by atoms with E-state index in [1.165, 1.54) is 40.8 Å². The van der Waals surface area contributed by atoms with Gasteiger partial charge in [-0.15, -0.1) is 18.3 Å². The number of anilines is 1. The van der Waals surface area contributed by atoms with Gasteiger partial charge in [-0.25, -0.2) is 14.5 Å². The van der Waals surface area contributed by atoms with E-state index in [0.717, 1.165) is 47.0 Å². The number of aliphatic imine (C=N–C) groups is 1. The van der Waals surface area contributed by atoms with Crippen molar-refractivity contribution in [3.63, 3.8) is 0 Å². The first kappa shape index (κ1) is 32.1. The number of urea groups is 1. The molecule has 0 radical (unpaired) electrons. The molecule has 4 aromatic rings. The van der Waals surface area contributed by atoms with Crippen molar-refractivity contribution >= 4 is 28.6 Å². The van der Waals surface area contributed by atoms with Crippen LogP contribution >= 0.6 is 11.8 Å². The SMILES string of the molecule is CCc1ccccc1N1/C(=N/C(=O)NCC(C)Cc2ccc(-c3ncn(-c4ccc(OC(F)(F)F)cc4)n3)cc2)SCCC1C. The van der Waals surface area contributed by atoms with Gasteiger partial charge in [0.05, 0.1) is 5.69 Å². The van der Waals surface area contributed by atoms with Crippen molar-refractivity contribution in [2.45, 2.75) is 52.4 Å². The molecule has 8 nitrogen and oxygen atoms in total. The fraction of sp³-hybridized carbons (Fsp3) is 0.333. The molecule has 2 heterocycles. The fourth-order valence-corrected chi connectivity index (χ4v) is 6.36. The summed E-state index contributed by atoms with van der Waals surface area (Å²) >= 11 is 1.62. The number of carbonyl (C=O) groups is 1. The average molecular weight is 637 g/mol. The highest BCUT2D eigenvalue weighted by Gasteiger charge is 2.31. The zero-order valence-electron chi connectivity index (χ0n) is 25.3. The van der Waals surface area contributed by atoms with Crippen LogP contribution in [0.3, 0.4) is 0 Å². The Morgan fingerprint density at radius 3 is 2.56 bits per heavy atom. The highest BCUT2D eigenvalue weighted by molar-refractivity contribution is 8.14. The number of aromatic nitrogens is 3.